The zero-order valence-corrected chi connectivity index (χ0v) is 31.5. The van der Waals surface area contributed by atoms with Gasteiger partial charge in [-0.2, -0.15) is 0 Å². The highest BCUT2D eigenvalue weighted by Gasteiger charge is 2.40. The van der Waals surface area contributed by atoms with Crippen LogP contribution in [0.1, 0.15) is 201 Å². The molecule has 0 bridgehead atoms. The minimum atomic E-state index is -2.66. The van der Waals surface area contributed by atoms with E-state index in [1.807, 2.05) is 0 Å². The molecule has 0 aliphatic rings. The highest BCUT2D eigenvalue weighted by atomic mass is 28.4. The van der Waals surface area contributed by atoms with Crippen LogP contribution in [0.5, 0.6) is 0 Å². The van der Waals surface area contributed by atoms with E-state index in [0.29, 0.717) is 0 Å². The molecule has 0 spiro atoms. The fraction of sp³-hybridized carbons (Fsp3) is 1.00. The fourth-order valence-corrected chi connectivity index (χ4v) is 8.51. The van der Waals surface area contributed by atoms with Gasteiger partial charge in [0.25, 0.3) is 0 Å². The maximum atomic E-state index is 6.71. The lowest BCUT2D eigenvalue weighted by Crippen LogP contribution is -2.47. The third-order valence-corrected chi connectivity index (χ3v) is 11.7. The Morgan fingerprint density at radius 2 is 0.605 bits per heavy atom. The van der Waals surface area contributed by atoms with E-state index in [1.165, 1.54) is 154 Å². The Morgan fingerprint density at radius 3 is 0.860 bits per heavy atom. The molecule has 0 aromatic carbocycles. The molecule has 0 radical (unpaired) electrons. The SMILES string of the molecule is CCCCCCCCCCCO[Si](CCCN(C)C)(OCCCCCCCCCCC)OCCCCCCCCCCC. The van der Waals surface area contributed by atoms with E-state index in [4.69, 9.17) is 13.3 Å². The largest absolute Gasteiger partial charge is 0.501 e. The van der Waals surface area contributed by atoms with E-state index in [9.17, 15) is 0 Å². The van der Waals surface area contributed by atoms with E-state index in [0.717, 1.165) is 58.1 Å². The molecule has 0 saturated carbocycles. The van der Waals surface area contributed by atoms with Crippen LogP contribution in [0.3, 0.4) is 0 Å². The summed E-state index contributed by atoms with van der Waals surface area (Å²) < 4.78 is 20.1. The standard InChI is InChI=1S/C38H81NO3Si/c1-6-9-12-15-18-21-24-27-30-35-40-43(38-33-34-39(4)5,41-36-31-28-25-22-19-16-13-10-7-2)42-37-32-29-26-23-20-17-14-11-8-3/h6-38H2,1-5H3. The first-order valence-electron chi connectivity index (χ1n) is 19.7. The molecule has 43 heavy (non-hydrogen) atoms. The van der Waals surface area contributed by atoms with E-state index >= 15 is 0 Å². The number of rotatable bonds is 37. The summed E-state index contributed by atoms with van der Waals surface area (Å²) >= 11 is 0. The molecule has 0 aliphatic heterocycles. The summed E-state index contributed by atoms with van der Waals surface area (Å²) in [6, 6.07) is 0.956. The Balaban J connectivity index is 4.68. The first kappa shape index (κ1) is 43.1. The molecule has 0 aromatic rings. The van der Waals surface area contributed by atoms with E-state index in [2.05, 4.69) is 39.8 Å². The van der Waals surface area contributed by atoms with Gasteiger partial charge in [-0.3, -0.25) is 0 Å². The van der Waals surface area contributed by atoms with Crippen molar-refractivity contribution in [2.75, 3.05) is 40.5 Å². The third kappa shape index (κ3) is 31.8. The lowest BCUT2D eigenvalue weighted by molar-refractivity contribution is 0.0543. The van der Waals surface area contributed by atoms with Gasteiger partial charge in [0.15, 0.2) is 0 Å². The first-order valence-corrected chi connectivity index (χ1v) is 21.6. The normalized spacial score (nSPS) is 12.1. The van der Waals surface area contributed by atoms with E-state index in [-0.39, 0.29) is 0 Å². The molecular formula is C38H81NO3Si. The first-order chi connectivity index (χ1) is 21.1. The zero-order valence-electron chi connectivity index (χ0n) is 30.5. The van der Waals surface area contributed by atoms with Crippen LogP contribution >= 0.6 is 0 Å². The maximum absolute atomic E-state index is 6.71. The molecule has 0 amide bonds. The van der Waals surface area contributed by atoms with Crippen LogP contribution in [0.2, 0.25) is 6.04 Å². The highest BCUT2D eigenvalue weighted by molar-refractivity contribution is 6.60. The van der Waals surface area contributed by atoms with Gasteiger partial charge in [-0.05, 0) is 46.3 Å². The molecule has 0 aliphatic carbocycles. The Labute approximate surface area is 273 Å². The van der Waals surface area contributed by atoms with Gasteiger partial charge in [0, 0.05) is 25.9 Å². The summed E-state index contributed by atoms with van der Waals surface area (Å²) in [7, 11) is 1.67. The molecule has 4 nitrogen and oxygen atoms in total. The number of unbranched alkanes of at least 4 members (excludes halogenated alkanes) is 24. The molecule has 0 heterocycles. The number of hydrogen-bond acceptors (Lipinski definition) is 4. The van der Waals surface area contributed by atoms with E-state index < -0.39 is 8.80 Å². The van der Waals surface area contributed by atoms with Gasteiger partial charge >= 0.3 is 8.80 Å². The zero-order chi connectivity index (χ0) is 31.5. The lowest BCUT2D eigenvalue weighted by atomic mass is 10.1. The highest BCUT2D eigenvalue weighted by Crippen LogP contribution is 2.22. The van der Waals surface area contributed by atoms with Crippen molar-refractivity contribution < 1.29 is 13.3 Å². The predicted octanol–water partition coefficient (Wildman–Crippen LogP) is 12.5. The minimum Gasteiger partial charge on any atom is -0.373 e. The van der Waals surface area contributed by atoms with Crippen LogP contribution < -0.4 is 0 Å². The summed E-state index contributed by atoms with van der Waals surface area (Å²) in [5.41, 5.74) is 0. The van der Waals surface area contributed by atoms with Crippen molar-refractivity contribution in [3.63, 3.8) is 0 Å². The molecule has 0 unspecified atom stereocenters. The van der Waals surface area contributed by atoms with Crippen molar-refractivity contribution in [1.82, 2.24) is 4.90 Å². The van der Waals surface area contributed by atoms with Crippen LogP contribution in [-0.2, 0) is 13.3 Å². The van der Waals surface area contributed by atoms with Crippen molar-refractivity contribution in [2.24, 2.45) is 0 Å². The lowest BCUT2D eigenvalue weighted by Gasteiger charge is -2.30. The van der Waals surface area contributed by atoms with Gasteiger partial charge < -0.3 is 18.2 Å². The van der Waals surface area contributed by atoms with Gasteiger partial charge in [0.05, 0.1) is 0 Å². The van der Waals surface area contributed by atoms with Crippen molar-refractivity contribution in [1.29, 1.82) is 0 Å². The van der Waals surface area contributed by atoms with Gasteiger partial charge in [-0.25, -0.2) is 0 Å². The number of hydrogen-bond donors (Lipinski definition) is 0. The Kier molecular flexibility index (Phi) is 35.0. The fourth-order valence-electron chi connectivity index (χ4n) is 5.87. The molecule has 0 rings (SSSR count). The van der Waals surface area contributed by atoms with Crippen molar-refractivity contribution >= 4 is 8.80 Å². The summed E-state index contributed by atoms with van der Waals surface area (Å²) in [5.74, 6) is 0. The van der Waals surface area contributed by atoms with Gasteiger partial charge in [0.1, 0.15) is 0 Å². The molecule has 0 N–H and O–H groups in total. The average molecular weight is 628 g/mol. The van der Waals surface area contributed by atoms with Crippen LogP contribution in [0, 0.1) is 0 Å². The molecule has 5 heteroatoms. The maximum Gasteiger partial charge on any atom is 0.501 e. The van der Waals surface area contributed by atoms with Crippen molar-refractivity contribution in [2.45, 2.75) is 207 Å². The van der Waals surface area contributed by atoms with Crippen LogP contribution in [0.25, 0.3) is 0 Å². The Morgan fingerprint density at radius 1 is 0.349 bits per heavy atom. The molecule has 0 aromatic heterocycles. The van der Waals surface area contributed by atoms with E-state index in [1.54, 1.807) is 0 Å². The second kappa shape index (κ2) is 34.9. The topological polar surface area (TPSA) is 30.9 Å². The second-order valence-electron chi connectivity index (χ2n) is 13.6. The van der Waals surface area contributed by atoms with Gasteiger partial charge in [-0.1, -0.05) is 175 Å². The van der Waals surface area contributed by atoms with Gasteiger partial charge in [-0.15, -0.1) is 0 Å². The summed E-state index contributed by atoms with van der Waals surface area (Å²) in [5, 5.41) is 0. The van der Waals surface area contributed by atoms with Crippen LogP contribution in [-0.4, -0.2) is 54.2 Å². The predicted molar refractivity (Wildman–Crippen MR) is 193 cm³/mol. The summed E-state index contributed by atoms with van der Waals surface area (Å²) in [4.78, 5) is 2.28. The number of nitrogens with zero attached hydrogens (tertiary/aromatic N) is 1. The molecule has 260 valence electrons. The molecular weight excluding hydrogens is 547 g/mol. The molecule has 0 saturated heterocycles. The molecule has 0 fully saturated rings. The Bertz CT molecular complexity index is 460. The average Bonchev–Trinajstić information content (AvgIpc) is 2.99. The van der Waals surface area contributed by atoms with Crippen molar-refractivity contribution in [3.05, 3.63) is 0 Å². The summed E-state index contributed by atoms with van der Waals surface area (Å²) in [6.07, 6.45) is 37.3. The molecule has 0 atom stereocenters. The van der Waals surface area contributed by atoms with Crippen molar-refractivity contribution in [3.8, 4) is 0 Å². The van der Waals surface area contributed by atoms with Gasteiger partial charge in [0.2, 0.25) is 0 Å². The smallest absolute Gasteiger partial charge is 0.373 e. The minimum absolute atomic E-state index is 0.805. The Hall–Kier alpha value is 0.0569. The van der Waals surface area contributed by atoms with Crippen LogP contribution in [0.15, 0.2) is 0 Å². The quantitative estimate of drug-likeness (QED) is 0.0506. The van der Waals surface area contributed by atoms with Crippen LogP contribution in [0.4, 0.5) is 0 Å². The monoisotopic (exact) mass is 628 g/mol. The third-order valence-electron chi connectivity index (χ3n) is 8.80. The second-order valence-corrected chi connectivity index (χ2v) is 16.4. The summed E-state index contributed by atoms with van der Waals surface area (Å²) in [6.45, 7) is 10.4.